The summed E-state index contributed by atoms with van der Waals surface area (Å²) >= 11 is 0. The van der Waals surface area contributed by atoms with Crippen molar-refractivity contribution in [3.63, 3.8) is 0 Å². The molecule has 0 spiro atoms. The second-order valence-corrected chi connectivity index (χ2v) is 5.21. The summed E-state index contributed by atoms with van der Waals surface area (Å²) in [6.45, 7) is 11.1. The molecule has 1 aliphatic rings. The summed E-state index contributed by atoms with van der Waals surface area (Å²) in [6, 6.07) is 1.64. The minimum Gasteiger partial charge on any atom is -0.360 e. The Hall–Kier alpha value is -1.40. The van der Waals surface area contributed by atoms with Crippen molar-refractivity contribution in [3.8, 4) is 0 Å². The van der Waals surface area contributed by atoms with Gasteiger partial charge >= 0.3 is 0 Å². The summed E-state index contributed by atoms with van der Waals surface area (Å²) in [5.41, 5.74) is 0. The molecule has 1 aliphatic heterocycles. The summed E-state index contributed by atoms with van der Waals surface area (Å²) in [4.78, 5) is 17.0. The number of anilines is 1. The number of piperazine rings is 1. The highest BCUT2D eigenvalue weighted by Gasteiger charge is 2.27. The maximum Gasteiger partial charge on any atom is 0.242 e. The predicted octanol–water partition coefficient (Wildman–Crippen LogP) is 1.34. The van der Waals surface area contributed by atoms with Crippen LogP contribution >= 0.6 is 0 Å². The van der Waals surface area contributed by atoms with Gasteiger partial charge in [0.15, 0.2) is 5.82 Å². The van der Waals surface area contributed by atoms with Crippen LogP contribution in [0, 0.1) is 6.92 Å². The molecule has 1 amide bonds. The molecule has 0 bridgehead atoms. The summed E-state index contributed by atoms with van der Waals surface area (Å²) in [5, 5.41) is 6.65. The average molecular weight is 280 g/mol. The molecule has 0 aliphatic carbocycles. The van der Waals surface area contributed by atoms with E-state index in [1.807, 2.05) is 13.8 Å². The first-order valence-corrected chi connectivity index (χ1v) is 7.34. The minimum absolute atomic E-state index is 0.00532. The van der Waals surface area contributed by atoms with Crippen molar-refractivity contribution >= 4 is 11.7 Å². The van der Waals surface area contributed by atoms with E-state index in [0.29, 0.717) is 11.6 Å². The molecular formula is C14H24N4O2. The van der Waals surface area contributed by atoms with Crippen LogP contribution < -0.4 is 5.32 Å². The van der Waals surface area contributed by atoms with E-state index in [-0.39, 0.29) is 11.9 Å². The van der Waals surface area contributed by atoms with Gasteiger partial charge < -0.3 is 14.7 Å². The minimum atomic E-state index is -0.0917. The second kappa shape index (κ2) is 6.85. The van der Waals surface area contributed by atoms with Crippen molar-refractivity contribution < 1.29 is 9.32 Å². The van der Waals surface area contributed by atoms with Crippen LogP contribution in [0.1, 0.15) is 26.0 Å². The van der Waals surface area contributed by atoms with Gasteiger partial charge in [-0.3, -0.25) is 9.69 Å². The number of nitrogens with one attached hydrogen (secondary N) is 1. The molecule has 0 aromatic carbocycles. The molecule has 1 atom stereocenters. The van der Waals surface area contributed by atoms with Crippen LogP contribution in [0.15, 0.2) is 10.6 Å². The number of likely N-dealkylation sites (N-methyl/N-ethyl adjacent to an activating group) is 1. The summed E-state index contributed by atoms with van der Waals surface area (Å²) < 4.78 is 4.97. The van der Waals surface area contributed by atoms with Crippen LogP contribution in [0.2, 0.25) is 0 Å². The number of rotatable bonds is 5. The lowest BCUT2D eigenvalue weighted by Crippen LogP contribution is -2.53. The summed E-state index contributed by atoms with van der Waals surface area (Å²) in [7, 11) is 0. The molecule has 2 rings (SSSR count). The fraction of sp³-hybridized carbons (Fsp3) is 0.714. The van der Waals surface area contributed by atoms with Gasteiger partial charge in [0, 0.05) is 32.2 Å². The topological polar surface area (TPSA) is 61.6 Å². The van der Waals surface area contributed by atoms with Crippen molar-refractivity contribution in [2.45, 2.75) is 33.2 Å². The van der Waals surface area contributed by atoms with Crippen molar-refractivity contribution in [2.75, 3.05) is 38.0 Å². The highest BCUT2D eigenvalue weighted by molar-refractivity contribution is 5.93. The molecule has 1 N–H and O–H groups in total. The Labute approximate surface area is 120 Å². The van der Waals surface area contributed by atoms with E-state index in [4.69, 9.17) is 4.52 Å². The van der Waals surface area contributed by atoms with E-state index in [0.717, 1.165) is 39.1 Å². The van der Waals surface area contributed by atoms with Gasteiger partial charge in [-0.05, 0) is 19.9 Å². The Morgan fingerprint density at radius 2 is 2.10 bits per heavy atom. The third-order valence-corrected chi connectivity index (χ3v) is 3.86. The van der Waals surface area contributed by atoms with Crippen molar-refractivity contribution in [1.29, 1.82) is 0 Å². The highest BCUT2D eigenvalue weighted by Crippen LogP contribution is 2.13. The quantitative estimate of drug-likeness (QED) is 0.882. The van der Waals surface area contributed by atoms with Gasteiger partial charge in [0.05, 0.1) is 6.04 Å². The van der Waals surface area contributed by atoms with E-state index in [1.165, 1.54) is 0 Å². The molecule has 20 heavy (non-hydrogen) atoms. The van der Waals surface area contributed by atoms with E-state index >= 15 is 0 Å². The van der Waals surface area contributed by atoms with Crippen molar-refractivity contribution in [1.82, 2.24) is 15.0 Å². The lowest BCUT2D eigenvalue weighted by molar-refractivity contribution is -0.122. The van der Waals surface area contributed by atoms with Crippen LogP contribution in [-0.4, -0.2) is 59.6 Å². The third kappa shape index (κ3) is 3.58. The Kier molecular flexibility index (Phi) is 5.14. The molecule has 1 aromatic rings. The fourth-order valence-electron chi connectivity index (χ4n) is 2.64. The third-order valence-electron chi connectivity index (χ3n) is 3.86. The number of carbonyl (C=O) groups excluding carboxylic acids is 1. The van der Waals surface area contributed by atoms with Crippen LogP contribution in [0.4, 0.5) is 5.82 Å². The van der Waals surface area contributed by atoms with E-state index in [9.17, 15) is 4.79 Å². The molecular weight excluding hydrogens is 256 g/mol. The van der Waals surface area contributed by atoms with Crippen molar-refractivity contribution in [3.05, 3.63) is 11.8 Å². The molecule has 6 nitrogen and oxygen atoms in total. The molecule has 1 saturated heterocycles. The van der Waals surface area contributed by atoms with Crippen LogP contribution in [0.3, 0.4) is 0 Å². The molecule has 6 heteroatoms. The number of aryl methyl sites for hydroxylation is 1. The lowest BCUT2D eigenvalue weighted by Gasteiger charge is -2.37. The van der Waals surface area contributed by atoms with Crippen molar-refractivity contribution in [2.24, 2.45) is 0 Å². The maximum absolute atomic E-state index is 12.4. The van der Waals surface area contributed by atoms with Gasteiger partial charge in [-0.25, -0.2) is 0 Å². The lowest BCUT2D eigenvalue weighted by atomic mass is 10.1. The van der Waals surface area contributed by atoms with Gasteiger partial charge in [-0.1, -0.05) is 19.0 Å². The first-order valence-electron chi connectivity index (χ1n) is 7.34. The zero-order valence-electron chi connectivity index (χ0n) is 12.6. The molecule has 1 unspecified atom stereocenters. The molecule has 0 radical (unpaired) electrons. The monoisotopic (exact) mass is 280 g/mol. The Morgan fingerprint density at radius 1 is 1.40 bits per heavy atom. The molecule has 1 fully saturated rings. The number of hydrogen-bond acceptors (Lipinski definition) is 5. The molecule has 0 saturated carbocycles. The highest BCUT2D eigenvalue weighted by atomic mass is 16.5. The smallest absolute Gasteiger partial charge is 0.242 e. The van der Waals surface area contributed by atoms with Gasteiger partial charge in [0.1, 0.15) is 5.76 Å². The number of nitrogens with zero attached hydrogens (tertiary/aromatic N) is 3. The number of aromatic nitrogens is 1. The fourth-order valence-corrected chi connectivity index (χ4v) is 2.64. The van der Waals surface area contributed by atoms with Crippen LogP contribution in [-0.2, 0) is 4.79 Å². The summed E-state index contributed by atoms with van der Waals surface area (Å²) in [6.07, 6.45) is 0.800. The van der Waals surface area contributed by atoms with Gasteiger partial charge in [0.25, 0.3) is 0 Å². The zero-order chi connectivity index (χ0) is 14.5. The predicted molar refractivity (Wildman–Crippen MR) is 77.6 cm³/mol. The number of hydrogen-bond donors (Lipinski definition) is 1. The van der Waals surface area contributed by atoms with E-state index in [1.54, 1.807) is 6.07 Å². The average Bonchev–Trinajstić information content (AvgIpc) is 2.85. The Bertz CT molecular complexity index is 438. The first-order chi connectivity index (χ1) is 9.63. The number of amides is 1. The zero-order valence-corrected chi connectivity index (χ0v) is 12.6. The van der Waals surface area contributed by atoms with Gasteiger partial charge in [0.2, 0.25) is 5.91 Å². The first kappa shape index (κ1) is 15.0. The van der Waals surface area contributed by atoms with Crippen LogP contribution in [0.5, 0.6) is 0 Å². The largest absolute Gasteiger partial charge is 0.360 e. The maximum atomic E-state index is 12.4. The van der Waals surface area contributed by atoms with Gasteiger partial charge in [-0.15, -0.1) is 0 Å². The van der Waals surface area contributed by atoms with Gasteiger partial charge in [-0.2, -0.15) is 0 Å². The normalized spacial score (nSPS) is 18.9. The van der Waals surface area contributed by atoms with E-state index < -0.39 is 0 Å². The standard InChI is InChI=1S/C14H24N4O2/c1-4-12(18-8-6-17(5-2)7-9-18)14(19)15-13-10-11(3)20-16-13/h10,12H,4-9H2,1-3H3,(H,15,16,19). The van der Waals surface area contributed by atoms with Crippen LogP contribution in [0.25, 0.3) is 0 Å². The SMILES string of the molecule is CCC(C(=O)Nc1cc(C)on1)N1CCN(CC)CC1. The molecule has 112 valence electrons. The molecule has 1 aromatic heterocycles. The Balaban J connectivity index is 1.92. The van der Waals surface area contributed by atoms with E-state index in [2.05, 4.69) is 27.2 Å². The molecule has 2 heterocycles. The summed E-state index contributed by atoms with van der Waals surface area (Å²) in [5.74, 6) is 1.20. The number of carbonyl (C=O) groups is 1. The second-order valence-electron chi connectivity index (χ2n) is 5.21. The Morgan fingerprint density at radius 3 is 2.60 bits per heavy atom.